The van der Waals surface area contributed by atoms with E-state index in [0.29, 0.717) is 23.5 Å². The van der Waals surface area contributed by atoms with Gasteiger partial charge >= 0.3 is 0 Å². The molecule has 1 amide bonds. The van der Waals surface area contributed by atoms with Crippen LogP contribution in [-0.2, 0) is 16.6 Å². The lowest BCUT2D eigenvalue weighted by Crippen LogP contribution is -2.13. The highest BCUT2D eigenvalue weighted by Gasteiger charge is 2.09. The van der Waals surface area contributed by atoms with Gasteiger partial charge < -0.3 is 5.32 Å². The lowest BCUT2D eigenvalue weighted by molar-refractivity contribution is 0.102. The largest absolute Gasteiger partial charge is 0.319 e. The fraction of sp³-hybridized carbons (Fsp3) is 0.231. The summed E-state index contributed by atoms with van der Waals surface area (Å²) in [6.45, 7) is 2.66. The number of carbonyl (C=O) groups is 1. The SMILES string of the molecule is CCn1cc(NC(=O)c2cccc(NS(C)(=O)=O)c2)cn1. The molecule has 0 atom stereocenters. The lowest BCUT2D eigenvalue weighted by Gasteiger charge is -2.06. The summed E-state index contributed by atoms with van der Waals surface area (Å²) in [4.78, 5) is 12.1. The van der Waals surface area contributed by atoms with Crippen LogP contribution in [0, 0.1) is 0 Å². The van der Waals surface area contributed by atoms with Crippen LogP contribution in [0.1, 0.15) is 17.3 Å². The molecular weight excluding hydrogens is 292 g/mol. The number of aryl methyl sites for hydroxylation is 1. The first kappa shape index (κ1) is 15.0. The van der Waals surface area contributed by atoms with Crippen LogP contribution in [0.3, 0.4) is 0 Å². The Bertz CT molecular complexity index is 752. The van der Waals surface area contributed by atoms with Crippen LogP contribution >= 0.6 is 0 Å². The summed E-state index contributed by atoms with van der Waals surface area (Å²) in [7, 11) is -3.37. The molecule has 0 radical (unpaired) electrons. The van der Waals surface area contributed by atoms with Crippen molar-refractivity contribution in [2.75, 3.05) is 16.3 Å². The molecule has 0 saturated carbocycles. The van der Waals surface area contributed by atoms with Gasteiger partial charge in [-0.05, 0) is 25.1 Å². The minimum Gasteiger partial charge on any atom is -0.319 e. The van der Waals surface area contributed by atoms with E-state index in [0.717, 1.165) is 6.26 Å². The number of nitrogens with one attached hydrogen (secondary N) is 2. The molecule has 21 heavy (non-hydrogen) atoms. The van der Waals surface area contributed by atoms with Crippen molar-refractivity contribution in [3.8, 4) is 0 Å². The Balaban J connectivity index is 2.13. The van der Waals surface area contributed by atoms with E-state index in [1.165, 1.54) is 6.07 Å². The maximum Gasteiger partial charge on any atom is 0.255 e. The molecule has 2 rings (SSSR count). The van der Waals surface area contributed by atoms with Crippen LogP contribution in [0.5, 0.6) is 0 Å². The van der Waals surface area contributed by atoms with Gasteiger partial charge in [0.15, 0.2) is 0 Å². The first-order valence-electron chi connectivity index (χ1n) is 6.29. The number of benzene rings is 1. The summed E-state index contributed by atoms with van der Waals surface area (Å²) in [6.07, 6.45) is 4.33. The number of hydrogen-bond donors (Lipinski definition) is 2. The molecule has 0 spiro atoms. The first-order valence-corrected chi connectivity index (χ1v) is 8.18. The van der Waals surface area contributed by atoms with Gasteiger partial charge in [-0.15, -0.1) is 0 Å². The predicted octanol–water partition coefficient (Wildman–Crippen LogP) is 1.53. The molecule has 112 valence electrons. The third kappa shape index (κ3) is 4.32. The number of anilines is 2. The molecule has 0 bridgehead atoms. The summed E-state index contributed by atoms with van der Waals surface area (Å²) in [5.41, 5.74) is 1.28. The summed E-state index contributed by atoms with van der Waals surface area (Å²) in [5.74, 6) is -0.331. The second-order valence-corrected chi connectivity index (χ2v) is 6.24. The smallest absolute Gasteiger partial charge is 0.255 e. The van der Waals surface area contributed by atoms with Crippen LogP contribution in [0.15, 0.2) is 36.7 Å². The normalized spacial score (nSPS) is 11.1. The Labute approximate surface area is 123 Å². The Morgan fingerprint density at radius 1 is 1.33 bits per heavy atom. The van der Waals surface area contributed by atoms with Crippen molar-refractivity contribution in [1.82, 2.24) is 9.78 Å². The fourth-order valence-electron chi connectivity index (χ4n) is 1.74. The van der Waals surface area contributed by atoms with Gasteiger partial charge in [0.05, 0.1) is 18.1 Å². The highest BCUT2D eigenvalue weighted by atomic mass is 32.2. The van der Waals surface area contributed by atoms with Crippen molar-refractivity contribution < 1.29 is 13.2 Å². The molecule has 1 heterocycles. The molecule has 2 aromatic rings. The quantitative estimate of drug-likeness (QED) is 0.876. The number of nitrogens with zero attached hydrogens (tertiary/aromatic N) is 2. The topological polar surface area (TPSA) is 93.1 Å². The Morgan fingerprint density at radius 3 is 2.71 bits per heavy atom. The molecule has 0 unspecified atom stereocenters. The second-order valence-electron chi connectivity index (χ2n) is 4.49. The van der Waals surface area contributed by atoms with Gasteiger partial charge in [0.2, 0.25) is 10.0 Å². The third-order valence-electron chi connectivity index (χ3n) is 2.64. The van der Waals surface area contributed by atoms with Gasteiger partial charge in [-0.1, -0.05) is 6.07 Å². The fourth-order valence-corrected chi connectivity index (χ4v) is 2.30. The van der Waals surface area contributed by atoms with E-state index in [2.05, 4.69) is 15.1 Å². The van der Waals surface area contributed by atoms with Gasteiger partial charge in [-0.3, -0.25) is 14.2 Å². The maximum absolute atomic E-state index is 12.1. The van der Waals surface area contributed by atoms with E-state index in [9.17, 15) is 13.2 Å². The predicted molar refractivity (Wildman–Crippen MR) is 80.8 cm³/mol. The van der Waals surface area contributed by atoms with Gasteiger partial charge in [0, 0.05) is 24.0 Å². The average molecular weight is 308 g/mol. The standard InChI is InChI=1S/C13H16N4O3S/c1-3-17-9-12(8-14-17)15-13(18)10-5-4-6-11(7-10)16-21(2,19)20/h4-9,16H,3H2,1-2H3,(H,15,18). The van der Waals surface area contributed by atoms with Crippen molar-refractivity contribution in [3.05, 3.63) is 42.2 Å². The van der Waals surface area contributed by atoms with Crippen LogP contribution in [0.4, 0.5) is 11.4 Å². The highest BCUT2D eigenvalue weighted by Crippen LogP contribution is 2.14. The van der Waals surface area contributed by atoms with Crippen molar-refractivity contribution in [3.63, 3.8) is 0 Å². The van der Waals surface area contributed by atoms with Gasteiger partial charge in [0.1, 0.15) is 0 Å². The number of amides is 1. The highest BCUT2D eigenvalue weighted by molar-refractivity contribution is 7.92. The maximum atomic E-state index is 12.1. The monoisotopic (exact) mass is 308 g/mol. The van der Waals surface area contributed by atoms with E-state index in [-0.39, 0.29) is 5.91 Å². The minimum absolute atomic E-state index is 0.331. The van der Waals surface area contributed by atoms with Gasteiger partial charge in [0.25, 0.3) is 5.91 Å². The van der Waals surface area contributed by atoms with E-state index < -0.39 is 10.0 Å². The van der Waals surface area contributed by atoms with E-state index in [1.807, 2.05) is 6.92 Å². The zero-order chi connectivity index (χ0) is 15.5. The summed E-state index contributed by atoms with van der Waals surface area (Å²) in [5, 5.41) is 6.76. The number of sulfonamides is 1. The molecule has 0 aliphatic carbocycles. The summed E-state index contributed by atoms with van der Waals surface area (Å²) < 4.78 is 26.4. The molecule has 0 aliphatic heterocycles. The van der Waals surface area contributed by atoms with Crippen LogP contribution in [0.25, 0.3) is 0 Å². The number of rotatable bonds is 5. The summed E-state index contributed by atoms with van der Waals surface area (Å²) >= 11 is 0. The number of hydrogen-bond acceptors (Lipinski definition) is 4. The molecule has 1 aromatic heterocycles. The molecule has 0 fully saturated rings. The second kappa shape index (κ2) is 5.96. The third-order valence-corrected chi connectivity index (χ3v) is 3.25. The molecule has 2 N–H and O–H groups in total. The molecular formula is C13H16N4O3S. The molecule has 1 aromatic carbocycles. The van der Waals surface area contributed by atoms with E-state index in [4.69, 9.17) is 0 Å². The van der Waals surface area contributed by atoms with Crippen LogP contribution < -0.4 is 10.0 Å². The Kier molecular flexibility index (Phi) is 4.27. The zero-order valence-electron chi connectivity index (χ0n) is 11.7. The van der Waals surface area contributed by atoms with Crippen molar-refractivity contribution in [2.45, 2.75) is 13.5 Å². The van der Waals surface area contributed by atoms with Crippen LogP contribution in [-0.4, -0.2) is 30.4 Å². The number of carbonyl (C=O) groups excluding carboxylic acids is 1. The molecule has 0 aliphatic rings. The van der Waals surface area contributed by atoms with Gasteiger partial charge in [-0.25, -0.2) is 8.42 Å². The first-order chi connectivity index (χ1) is 9.87. The molecule has 0 saturated heterocycles. The molecule has 7 nitrogen and oxygen atoms in total. The lowest BCUT2D eigenvalue weighted by atomic mass is 10.2. The minimum atomic E-state index is -3.37. The summed E-state index contributed by atoms with van der Waals surface area (Å²) in [6, 6.07) is 6.26. The molecule has 8 heteroatoms. The van der Waals surface area contributed by atoms with Crippen LogP contribution in [0.2, 0.25) is 0 Å². The van der Waals surface area contributed by atoms with Crippen molar-refractivity contribution >= 4 is 27.3 Å². The Morgan fingerprint density at radius 2 is 2.10 bits per heavy atom. The van der Waals surface area contributed by atoms with Gasteiger partial charge in [-0.2, -0.15) is 5.10 Å². The van der Waals surface area contributed by atoms with Crippen molar-refractivity contribution in [2.24, 2.45) is 0 Å². The Hall–Kier alpha value is -2.35. The zero-order valence-corrected chi connectivity index (χ0v) is 12.5. The average Bonchev–Trinajstić information content (AvgIpc) is 2.84. The number of aromatic nitrogens is 2. The van der Waals surface area contributed by atoms with E-state index >= 15 is 0 Å². The van der Waals surface area contributed by atoms with E-state index in [1.54, 1.807) is 35.3 Å². The van der Waals surface area contributed by atoms with Crippen molar-refractivity contribution in [1.29, 1.82) is 0 Å².